The Morgan fingerprint density at radius 1 is 1.22 bits per heavy atom. The minimum atomic E-state index is -0.122. The van der Waals surface area contributed by atoms with Gasteiger partial charge in [0.2, 0.25) is 5.91 Å². The normalized spacial score (nSPS) is 23.9. The van der Waals surface area contributed by atoms with Crippen LogP contribution in [0.15, 0.2) is 24.3 Å². The summed E-state index contributed by atoms with van der Waals surface area (Å²) in [5.41, 5.74) is 2.48. The van der Waals surface area contributed by atoms with Crippen LogP contribution in [0.3, 0.4) is 0 Å². The summed E-state index contributed by atoms with van der Waals surface area (Å²) in [6.45, 7) is 9.03. The lowest BCUT2D eigenvalue weighted by atomic mass is 10.00. The number of nitrogens with one attached hydrogen (secondary N) is 1. The maximum atomic E-state index is 13.2. The van der Waals surface area contributed by atoms with Gasteiger partial charge in [0, 0.05) is 38.8 Å². The third-order valence-electron chi connectivity index (χ3n) is 5.12. The Hall–Kier alpha value is -1.39. The number of rotatable bonds is 4. The molecule has 4 heteroatoms. The predicted molar refractivity (Wildman–Crippen MR) is 93.4 cm³/mol. The van der Waals surface area contributed by atoms with E-state index >= 15 is 0 Å². The highest BCUT2D eigenvalue weighted by molar-refractivity contribution is 5.83. The average molecular weight is 315 g/mol. The van der Waals surface area contributed by atoms with Crippen molar-refractivity contribution in [2.45, 2.75) is 45.2 Å². The lowest BCUT2D eigenvalue weighted by Crippen LogP contribution is -2.53. The van der Waals surface area contributed by atoms with Gasteiger partial charge in [-0.2, -0.15) is 0 Å². The van der Waals surface area contributed by atoms with Gasteiger partial charge in [0.15, 0.2) is 0 Å². The quantitative estimate of drug-likeness (QED) is 0.925. The lowest BCUT2D eigenvalue weighted by Gasteiger charge is -2.38. The highest BCUT2D eigenvalue weighted by atomic mass is 16.2. The van der Waals surface area contributed by atoms with Gasteiger partial charge in [-0.1, -0.05) is 31.2 Å². The molecular formula is C19H29N3O. The second-order valence-electron chi connectivity index (χ2n) is 6.88. The molecule has 1 aromatic carbocycles. The molecule has 2 unspecified atom stereocenters. The molecule has 1 amide bonds. The zero-order valence-electron chi connectivity index (χ0n) is 14.4. The van der Waals surface area contributed by atoms with Crippen LogP contribution in [0.1, 0.15) is 43.9 Å². The average Bonchev–Trinajstić information content (AvgIpc) is 3.10. The van der Waals surface area contributed by atoms with Crippen LogP contribution in [0.4, 0.5) is 0 Å². The number of carbonyl (C=O) groups excluding carboxylic acids is 1. The third-order valence-corrected chi connectivity index (χ3v) is 5.12. The van der Waals surface area contributed by atoms with E-state index in [1.165, 1.54) is 5.56 Å². The van der Waals surface area contributed by atoms with E-state index in [1.54, 1.807) is 0 Å². The fourth-order valence-electron chi connectivity index (χ4n) is 3.75. The largest absolute Gasteiger partial charge is 0.341 e. The fraction of sp³-hybridized carbons (Fsp3) is 0.632. The first-order valence-corrected chi connectivity index (χ1v) is 9.04. The minimum absolute atomic E-state index is 0.122. The van der Waals surface area contributed by atoms with E-state index < -0.39 is 0 Å². The number of nitrogens with zero attached hydrogens (tertiary/aromatic N) is 2. The summed E-state index contributed by atoms with van der Waals surface area (Å²) in [6.07, 6.45) is 3.33. The zero-order chi connectivity index (χ0) is 16.2. The van der Waals surface area contributed by atoms with Gasteiger partial charge < -0.3 is 10.2 Å². The van der Waals surface area contributed by atoms with Crippen molar-refractivity contribution in [3.8, 4) is 0 Å². The molecule has 2 heterocycles. The third kappa shape index (κ3) is 3.75. The van der Waals surface area contributed by atoms with Crippen molar-refractivity contribution in [2.75, 3.05) is 32.7 Å². The summed E-state index contributed by atoms with van der Waals surface area (Å²) in [5, 5.41) is 3.48. The van der Waals surface area contributed by atoms with Gasteiger partial charge in [-0.05, 0) is 37.3 Å². The standard InChI is InChI=1S/C19H29N3O/c1-3-16-6-8-17(9-7-16)18(19(23)21-11-4-5-12-21)22-13-10-20-15(2)14-22/h6-9,15,18,20H,3-5,10-14H2,1-2H3. The molecule has 2 atom stereocenters. The number of hydrogen-bond acceptors (Lipinski definition) is 3. The Kier molecular flexibility index (Phi) is 5.34. The summed E-state index contributed by atoms with van der Waals surface area (Å²) in [4.78, 5) is 17.6. The van der Waals surface area contributed by atoms with Crippen molar-refractivity contribution >= 4 is 5.91 Å². The molecule has 1 N–H and O–H groups in total. The van der Waals surface area contributed by atoms with Crippen LogP contribution in [-0.2, 0) is 11.2 Å². The SMILES string of the molecule is CCc1ccc(C(C(=O)N2CCCC2)N2CCNC(C)C2)cc1. The molecule has 126 valence electrons. The zero-order valence-corrected chi connectivity index (χ0v) is 14.4. The molecule has 0 spiro atoms. The van der Waals surface area contributed by atoms with E-state index in [4.69, 9.17) is 0 Å². The number of piperazine rings is 1. The molecule has 0 saturated carbocycles. The Morgan fingerprint density at radius 2 is 1.91 bits per heavy atom. The van der Waals surface area contributed by atoms with Gasteiger partial charge in [0.05, 0.1) is 0 Å². The molecule has 2 aliphatic heterocycles. The van der Waals surface area contributed by atoms with Crippen molar-refractivity contribution in [1.29, 1.82) is 0 Å². The van der Waals surface area contributed by atoms with Crippen molar-refractivity contribution in [3.05, 3.63) is 35.4 Å². The topological polar surface area (TPSA) is 35.6 Å². The molecule has 2 saturated heterocycles. The first-order valence-electron chi connectivity index (χ1n) is 9.04. The van der Waals surface area contributed by atoms with Crippen molar-refractivity contribution in [2.24, 2.45) is 0 Å². The summed E-state index contributed by atoms with van der Waals surface area (Å²) >= 11 is 0. The van der Waals surface area contributed by atoms with E-state index in [9.17, 15) is 4.79 Å². The highest BCUT2D eigenvalue weighted by Gasteiger charge is 2.34. The second-order valence-corrected chi connectivity index (χ2v) is 6.88. The number of carbonyl (C=O) groups is 1. The number of likely N-dealkylation sites (tertiary alicyclic amines) is 1. The minimum Gasteiger partial charge on any atom is -0.341 e. The Balaban J connectivity index is 1.86. The number of benzene rings is 1. The van der Waals surface area contributed by atoms with Crippen LogP contribution in [0.2, 0.25) is 0 Å². The molecule has 0 aromatic heterocycles. The van der Waals surface area contributed by atoms with Crippen molar-refractivity contribution in [1.82, 2.24) is 15.1 Å². The van der Waals surface area contributed by atoms with Gasteiger partial charge in [0.1, 0.15) is 6.04 Å². The summed E-state index contributed by atoms with van der Waals surface area (Å²) in [7, 11) is 0. The monoisotopic (exact) mass is 315 g/mol. The van der Waals surface area contributed by atoms with E-state index in [0.29, 0.717) is 11.9 Å². The van der Waals surface area contributed by atoms with Crippen molar-refractivity contribution in [3.63, 3.8) is 0 Å². The lowest BCUT2D eigenvalue weighted by molar-refractivity contribution is -0.136. The van der Waals surface area contributed by atoms with Crippen LogP contribution < -0.4 is 5.32 Å². The first-order chi connectivity index (χ1) is 11.2. The van der Waals surface area contributed by atoms with E-state index in [0.717, 1.165) is 57.5 Å². The summed E-state index contributed by atoms with van der Waals surface area (Å²) in [5.74, 6) is 0.292. The molecule has 0 aliphatic carbocycles. The smallest absolute Gasteiger partial charge is 0.244 e. The highest BCUT2D eigenvalue weighted by Crippen LogP contribution is 2.26. The number of hydrogen-bond donors (Lipinski definition) is 1. The van der Waals surface area contributed by atoms with Gasteiger partial charge in [-0.3, -0.25) is 9.69 Å². The second kappa shape index (κ2) is 7.45. The fourth-order valence-corrected chi connectivity index (χ4v) is 3.75. The molecular weight excluding hydrogens is 286 g/mol. The maximum absolute atomic E-state index is 13.2. The first kappa shape index (κ1) is 16.5. The van der Waals surface area contributed by atoms with Gasteiger partial charge >= 0.3 is 0 Å². The predicted octanol–water partition coefficient (Wildman–Crippen LogP) is 2.21. The van der Waals surface area contributed by atoms with Gasteiger partial charge in [-0.25, -0.2) is 0 Å². The van der Waals surface area contributed by atoms with Crippen LogP contribution in [-0.4, -0.2) is 54.5 Å². The summed E-state index contributed by atoms with van der Waals surface area (Å²) in [6, 6.07) is 8.97. The molecule has 1 aromatic rings. The van der Waals surface area contributed by atoms with E-state index in [1.807, 2.05) is 0 Å². The van der Waals surface area contributed by atoms with Crippen molar-refractivity contribution < 1.29 is 4.79 Å². The summed E-state index contributed by atoms with van der Waals surface area (Å²) < 4.78 is 0. The van der Waals surface area contributed by atoms with Gasteiger partial charge in [-0.15, -0.1) is 0 Å². The van der Waals surface area contributed by atoms with E-state index in [-0.39, 0.29) is 6.04 Å². The molecule has 23 heavy (non-hydrogen) atoms. The Bertz CT molecular complexity index is 522. The molecule has 4 nitrogen and oxygen atoms in total. The van der Waals surface area contributed by atoms with Crippen LogP contribution in [0.5, 0.6) is 0 Å². The van der Waals surface area contributed by atoms with Crippen LogP contribution in [0.25, 0.3) is 0 Å². The van der Waals surface area contributed by atoms with E-state index in [2.05, 4.69) is 53.2 Å². The number of aryl methyl sites for hydroxylation is 1. The van der Waals surface area contributed by atoms with Crippen LogP contribution >= 0.6 is 0 Å². The molecule has 2 fully saturated rings. The van der Waals surface area contributed by atoms with Crippen LogP contribution in [0, 0.1) is 0 Å². The van der Waals surface area contributed by atoms with Gasteiger partial charge in [0.25, 0.3) is 0 Å². The molecule has 2 aliphatic rings. The molecule has 0 radical (unpaired) electrons. The molecule has 0 bridgehead atoms. The Morgan fingerprint density at radius 3 is 2.52 bits per heavy atom. The Labute approximate surface area is 139 Å². The maximum Gasteiger partial charge on any atom is 0.244 e. The number of amides is 1. The molecule has 3 rings (SSSR count).